The quantitative estimate of drug-likeness (QED) is 0.189. The molecule has 11 nitrogen and oxygen atoms in total. The van der Waals surface area contributed by atoms with Crippen LogP contribution in [-0.2, 0) is 9.53 Å². The monoisotopic (exact) mass is 569 g/mol. The Balaban J connectivity index is 1.68. The van der Waals surface area contributed by atoms with Gasteiger partial charge in [-0.15, -0.1) is 0 Å². The predicted octanol–water partition coefficient (Wildman–Crippen LogP) is 3.63. The van der Waals surface area contributed by atoms with Gasteiger partial charge in [0.2, 0.25) is 0 Å². The molecule has 0 radical (unpaired) electrons. The van der Waals surface area contributed by atoms with E-state index in [-0.39, 0.29) is 39.4 Å². The molecule has 3 N–H and O–H groups in total. The molecule has 3 heterocycles. The molecule has 208 valence electrons. The number of halogens is 2. The average Bonchev–Trinajstić information content (AvgIpc) is 3.71. The number of amidine groups is 1. The summed E-state index contributed by atoms with van der Waals surface area (Å²) in [4.78, 5) is 33.7. The number of amides is 2. The van der Waals surface area contributed by atoms with Gasteiger partial charge in [-0.2, -0.15) is 5.10 Å². The molecule has 0 saturated heterocycles. The molecular weight excluding hydrogens is 544 g/mol. The van der Waals surface area contributed by atoms with Gasteiger partial charge in [0.15, 0.2) is 10.5 Å². The highest BCUT2D eigenvalue weighted by Gasteiger charge is 2.27. The van der Waals surface area contributed by atoms with Crippen LogP contribution in [0.25, 0.3) is 11.1 Å². The fraction of sp³-hybridized carbons (Fsp3) is 0.308. The number of carbonyl (C=O) groups is 2. The summed E-state index contributed by atoms with van der Waals surface area (Å²) in [5.41, 5.74) is -0.241. The summed E-state index contributed by atoms with van der Waals surface area (Å²) in [7, 11) is 4.39. The number of rotatable bonds is 8. The number of methoxy groups -OCH3 is 2. The first kappa shape index (κ1) is 28.5. The number of hydrogen-bond donors (Lipinski definition) is 3. The Bertz CT molecular complexity index is 1450. The van der Waals surface area contributed by atoms with Crippen molar-refractivity contribution in [1.29, 1.82) is 5.41 Å². The van der Waals surface area contributed by atoms with Gasteiger partial charge in [0.25, 0.3) is 18.2 Å². The minimum atomic E-state index is -2.88. The predicted molar refractivity (Wildman–Crippen MR) is 146 cm³/mol. The van der Waals surface area contributed by atoms with Gasteiger partial charge in [0.1, 0.15) is 23.0 Å². The third kappa shape index (κ3) is 6.92. The number of nitrogens with zero attached hydrogens (tertiary/aromatic N) is 4. The summed E-state index contributed by atoms with van der Waals surface area (Å²) >= 11 is 1.27. The van der Waals surface area contributed by atoms with E-state index < -0.39 is 23.9 Å². The minimum Gasteiger partial charge on any atom is -0.495 e. The van der Waals surface area contributed by atoms with Gasteiger partial charge in [0, 0.05) is 36.4 Å². The molecule has 1 aliphatic carbocycles. The van der Waals surface area contributed by atoms with Crippen LogP contribution >= 0.6 is 11.8 Å². The summed E-state index contributed by atoms with van der Waals surface area (Å²) in [6.07, 6.45) is 3.51. The Hall–Kier alpha value is -4.51. The van der Waals surface area contributed by atoms with E-state index in [0.717, 1.165) is 37.4 Å². The number of ether oxygens (including phenoxy) is 2. The zero-order valence-electron chi connectivity index (χ0n) is 21.7. The van der Waals surface area contributed by atoms with Crippen molar-refractivity contribution in [3.05, 3.63) is 47.6 Å². The van der Waals surface area contributed by atoms with E-state index in [1.54, 1.807) is 12.1 Å². The highest BCUT2D eigenvalue weighted by Crippen LogP contribution is 2.36. The van der Waals surface area contributed by atoms with Crippen LogP contribution in [0.15, 0.2) is 41.5 Å². The van der Waals surface area contributed by atoms with Crippen molar-refractivity contribution < 1.29 is 27.8 Å². The first-order chi connectivity index (χ1) is 19.2. The van der Waals surface area contributed by atoms with Gasteiger partial charge >= 0.3 is 0 Å². The number of hydrazone groups is 1. The third-order valence-corrected chi connectivity index (χ3v) is 6.75. The Morgan fingerprint density at radius 3 is 2.60 bits per heavy atom. The van der Waals surface area contributed by atoms with E-state index in [9.17, 15) is 18.4 Å². The molecule has 2 aliphatic rings. The molecule has 1 fully saturated rings. The Labute approximate surface area is 232 Å². The molecular formula is C26H25F2N7O4S. The smallest absolute Gasteiger partial charge is 0.280 e. The van der Waals surface area contributed by atoms with Gasteiger partial charge in [-0.05, 0) is 36.7 Å². The molecule has 1 unspecified atom stereocenters. The maximum atomic E-state index is 13.5. The Kier molecular flexibility index (Phi) is 8.95. The van der Waals surface area contributed by atoms with Gasteiger partial charge in [-0.25, -0.2) is 13.8 Å². The number of aromatic nitrogens is 2. The van der Waals surface area contributed by atoms with Crippen LogP contribution in [0.1, 0.15) is 35.3 Å². The van der Waals surface area contributed by atoms with Gasteiger partial charge in [-0.1, -0.05) is 11.8 Å². The number of pyridine rings is 2. The second-order valence-corrected chi connectivity index (χ2v) is 9.64. The topological polar surface area (TPSA) is 142 Å². The lowest BCUT2D eigenvalue weighted by Gasteiger charge is -2.15. The first-order valence-corrected chi connectivity index (χ1v) is 12.8. The molecule has 2 aromatic rings. The highest BCUT2D eigenvalue weighted by atomic mass is 32.2. The second-order valence-electron chi connectivity index (χ2n) is 8.58. The van der Waals surface area contributed by atoms with Crippen molar-refractivity contribution in [2.24, 2.45) is 11.0 Å². The van der Waals surface area contributed by atoms with E-state index in [4.69, 9.17) is 14.9 Å². The second kappa shape index (κ2) is 12.6. The summed E-state index contributed by atoms with van der Waals surface area (Å²) < 4.78 is 37.3. The zero-order chi connectivity index (χ0) is 28.8. The molecule has 1 saturated carbocycles. The molecule has 2 amide bonds. The van der Waals surface area contributed by atoms with Gasteiger partial charge in [0.05, 0.1) is 32.2 Å². The first-order valence-electron chi connectivity index (χ1n) is 11.9. The zero-order valence-corrected chi connectivity index (χ0v) is 22.5. The molecule has 40 heavy (non-hydrogen) atoms. The number of thioether (sulfide) groups is 1. The van der Waals surface area contributed by atoms with Crippen molar-refractivity contribution in [1.82, 2.24) is 20.3 Å². The summed E-state index contributed by atoms with van der Waals surface area (Å²) in [5.74, 6) is 5.59. The lowest BCUT2D eigenvalue weighted by atomic mass is 10.00. The molecule has 14 heteroatoms. The molecule has 0 bridgehead atoms. The summed E-state index contributed by atoms with van der Waals surface area (Å²) in [5, 5.41) is 18.5. The SMILES string of the molecule is CO/C(C=N)=C/C(=O)Nc1cc(-c2cc(C(F)F)ncc2OC)c(C(=O)NC2=NN(C)C(C#CC3CC3)S2)cn1. The van der Waals surface area contributed by atoms with Crippen molar-refractivity contribution in [2.75, 3.05) is 26.6 Å². The van der Waals surface area contributed by atoms with Crippen LogP contribution in [0.3, 0.4) is 0 Å². The third-order valence-electron chi connectivity index (χ3n) is 5.69. The van der Waals surface area contributed by atoms with E-state index in [0.29, 0.717) is 11.1 Å². The fourth-order valence-electron chi connectivity index (χ4n) is 3.49. The summed E-state index contributed by atoms with van der Waals surface area (Å²) in [6.45, 7) is 0. The number of anilines is 1. The molecule has 0 spiro atoms. The van der Waals surface area contributed by atoms with Crippen LogP contribution in [0, 0.1) is 23.2 Å². The van der Waals surface area contributed by atoms with Crippen LogP contribution in [-0.4, -0.2) is 64.8 Å². The molecule has 1 aliphatic heterocycles. The fourth-order valence-corrected chi connectivity index (χ4v) is 4.36. The minimum absolute atomic E-state index is 0.00780. The van der Waals surface area contributed by atoms with Gasteiger partial charge in [-0.3, -0.25) is 24.9 Å². The van der Waals surface area contributed by atoms with E-state index in [1.165, 1.54) is 38.2 Å². The Morgan fingerprint density at radius 2 is 1.95 bits per heavy atom. The average molecular weight is 570 g/mol. The van der Waals surface area contributed by atoms with Crippen molar-refractivity contribution in [3.63, 3.8) is 0 Å². The number of allylic oxidation sites excluding steroid dienone is 1. The molecule has 4 rings (SSSR count). The van der Waals surface area contributed by atoms with Crippen molar-refractivity contribution in [2.45, 2.75) is 24.6 Å². The van der Waals surface area contributed by atoms with Crippen LogP contribution in [0.2, 0.25) is 0 Å². The maximum Gasteiger partial charge on any atom is 0.280 e. The van der Waals surface area contributed by atoms with Crippen LogP contribution in [0.5, 0.6) is 5.75 Å². The largest absolute Gasteiger partial charge is 0.495 e. The number of hydrogen-bond acceptors (Lipinski definition) is 10. The lowest BCUT2D eigenvalue weighted by molar-refractivity contribution is -0.112. The standard InChI is InChI=1S/C26H25F2N7O4S/c1-35-23(7-6-14-4-5-14)40-26(34-35)33-25(37)18-12-31-21(32-22(36)8-15(11-29)38-2)10-16(18)17-9-19(24(27)28)30-13-20(17)39-3/h8-14,23-24,29H,4-5H2,1-3H3,(H,31,32,36)(H,33,34,37)/b15-8+,29-11?. The molecule has 1 atom stereocenters. The molecule has 2 aromatic heterocycles. The van der Waals surface area contributed by atoms with E-state index in [2.05, 4.69) is 37.5 Å². The number of nitrogens with one attached hydrogen (secondary N) is 3. The van der Waals surface area contributed by atoms with Gasteiger partial charge < -0.3 is 20.2 Å². The summed E-state index contributed by atoms with van der Waals surface area (Å²) in [6, 6.07) is 2.46. The van der Waals surface area contributed by atoms with Crippen LogP contribution in [0.4, 0.5) is 14.6 Å². The Morgan fingerprint density at radius 1 is 1.18 bits per heavy atom. The highest BCUT2D eigenvalue weighted by molar-refractivity contribution is 8.14. The normalized spacial score (nSPS) is 16.6. The maximum absolute atomic E-state index is 13.5. The van der Waals surface area contributed by atoms with Crippen LogP contribution < -0.4 is 15.4 Å². The van der Waals surface area contributed by atoms with E-state index >= 15 is 0 Å². The lowest BCUT2D eigenvalue weighted by Crippen LogP contribution is -2.28. The van der Waals surface area contributed by atoms with Crippen molar-refractivity contribution >= 4 is 40.8 Å². The molecule has 0 aromatic carbocycles. The number of carbonyl (C=O) groups excluding carboxylic acids is 2. The van der Waals surface area contributed by atoms with Crippen molar-refractivity contribution in [3.8, 4) is 28.7 Å². The van der Waals surface area contributed by atoms with E-state index in [1.807, 2.05) is 0 Å². The number of alkyl halides is 2.